The van der Waals surface area contributed by atoms with Crippen molar-refractivity contribution in [2.75, 3.05) is 26.1 Å². The molecule has 0 amide bonds. The Kier molecular flexibility index (Phi) is 5.98. The van der Waals surface area contributed by atoms with Crippen LogP contribution in [-0.2, 0) is 9.47 Å². The second-order valence-electron chi connectivity index (χ2n) is 3.74. The molecule has 0 aromatic heterocycles. The Morgan fingerprint density at radius 3 is 2.33 bits per heavy atom. The number of nitriles is 1. The van der Waals surface area contributed by atoms with Crippen LogP contribution in [0.3, 0.4) is 0 Å². The third kappa shape index (κ3) is 4.24. The molecule has 0 heterocycles. The number of hydrogen-bond acceptors (Lipinski definition) is 5. The minimum Gasteiger partial charge on any atom is -0.479 e. The van der Waals surface area contributed by atoms with Gasteiger partial charge in [-0.2, -0.15) is 5.26 Å². The molecule has 0 saturated heterocycles. The quantitative estimate of drug-likeness (QED) is 0.750. The Morgan fingerprint density at radius 2 is 1.83 bits per heavy atom. The summed E-state index contributed by atoms with van der Waals surface area (Å²) in [7, 11) is 3.20. The molecule has 1 aromatic rings. The van der Waals surface area contributed by atoms with Gasteiger partial charge >= 0.3 is 0 Å². The average molecular weight is 250 g/mol. The van der Waals surface area contributed by atoms with Crippen molar-refractivity contribution in [3.8, 4) is 11.8 Å². The van der Waals surface area contributed by atoms with Crippen LogP contribution in [0.15, 0.2) is 24.3 Å². The number of ether oxygens (including phenoxy) is 3. The van der Waals surface area contributed by atoms with Gasteiger partial charge in [-0.1, -0.05) is 0 Å². The Labute approximate surface area is 107 Å². The number of rotatable bonds is 7. The number of benzene rings is 1. The summed E-state index contributed by atoms with van der Waals surface area (Å²) in [6.07, 6.45) is -0.306. The largest absolute Gasteiger partial charge is 0.479 e. The third-order valence-electron chi connectivity index (χ3n) is 2.42. The van der Waals surface area contributed by atoms with Crippen molar-refractivity contribution in [3.05, 3.63) is 24.3 Å². The molecule has 1 N–H and O–H groups in total. The van der Waals surface area contributed by atoms with E-state index in [0.29, 0.717) is 5.75 Å². The van der Waals surface area contributed by atoms with Gasteiger partial charge in [-0.15, -0.1) is 0 Å². The van der Waals surface area contributed by atoms with Crippen molar-refractivity contribution >= 4 is 5.69 Å². The fourth-order valence-electron chi connectivity index (χ4n) is 1.60. The SMILES string of the molecule is COC(OC)C(C)Nc1ccc(OCC#N)cc1. The van der Waals surface area contributed by atoms with Crippen LogP contribution in [0, 0.1) is 11.3 Å². The standard InChI is InChI=1S/C13H18N2O3/c1-10(13(16-2)17-3)15-11-4-6-12(7-5-11)18-9-8-14/h4-7,10,13,15H,9H2,1-3H3. The molecule has 1 unspecified atom stereocenters. The minimum atomic E-state index is -0.306. The summed E-state index contributed by atoms with van der Waals surface area (Å²) in [5.41, 5.74) is 0.936. The Hall–Kier alpha value is -1.77. The topological polar surface area (TPSA) is 63.5 Å². The van der Waals surface area contributed by atoms with Gasteiger partial charge in [-0.05, 0) is 31.2 Å². The van der Waals surface area contributed by atoms with Crippen LogP contribution in [0.1, 0.15) is 6.92 Å². The Morgan fingerprint density at radius 1 is 1.22 bits per heavy atom. The number of nitrogens with one attached hydrogen (secondary N) is 1. The van der Waals surface area contributed by atoms with Gasteiger partial charge < -0.3 is 19.5 Å². The second-order valence-corrected chi connectivity index (χ2v) is 3.74. The van der Waals surface area contributed by atoms with Gasteiger partial charge in [0.05, 0.1) is 6.04 Å². The zero-order valence-corrected chi connectivity index (χ0v) is 10.8. The van der Waals surface area contributed by atoms with Crippen LogP contribution in [0.2, 0.25) is 0 Å². The molecular weight excluding hydrogens is 232 g/mol. The molecule has 0 radical (unpaired) electrons. The molecule has 5 heteroatoms. The summed E-state index contributed by atoms with van der Waals surface area (Å²) < 4.78 is 15.5. The molecule has 18 heavy (non-hydrogen) atoms. The smallest absolute Gasteiger partial charge is 0.176 e. The lowest BCUT2D eigenvalue weighted by Crippen LogP contribution is -2.33. The summed E-state index contributed by atoms with van der Waals surface area (Å²) in [5.74, 6) is 0.671. The van der Waals surface area contributed by atoms with Crippen LogP contribution < -0.4 is 10.1 Å². The highest BCUT2D eigenvalue weighted by Crippen LogP contribution is 2.17. The van der Waals surface area contributed by atoms with Gasteiger partial charge in [-0.25, -0.2) is 0 Å². The first-order valence-electron chi connectivity index (χ1n) is 5.63. The first kappa shape index (κ1) is 14.3. The van der Waals surface area contributed by atoms with Crippen molar-refractivity contribution in [1.82, 2.24) is 0 Å². The molecule has 1 rings (SSSR count). The van der Waals surface area contributed by atoms with Crippen molar-refractivity contribution in [2.24, 2.45) is 0 Å². The maximum absolute atomic E-state index is 8.40. The van der Waals surface area contributed by atoms with E-state index in [4.69, 9.17) is 19.5 Å². The van der Waals surface area contributed by atoms with E-state index in [-0.39, 0.29) is 18.9 Å². The summed E-state index contributed by atoms with van der Waals surface area (Å²) in [5, 5.41) is 11.7. The normalized spacial score (nSPS) is 11.9. The molecule has 1 atom stereocenters. The molecule has 1 aromatic carbocycles. The molecule has 0 fully saturated rings. The summed E-state index contributed by atoms with van der Waals surface area (Å²) in [4.78, 5) is 0. The zero-order chi connectivity index (χ0) is 13.4. The predicted octanol–water partition coefficient (Wildman–Crippen LogP) is 2.01. The maximum atomic E-state index is 8.40. The molecule has 0 spiro atoms. The predicted molar refractivity (Wildman–Crippen MR) is 68.4 cm³/mol. The van der Waals surface area contributed by atoms with Crippen LogP contribution >= 0.6 is 0 Å². The van der Waals surface area contributed by atoms with Crippen molar-refractivity contribution < 1.29 is 14.2 Å². The van der Waals surface area contributed by atoms with Gasteiger partial charge in [0.15, 0.2) is 12.9 Å². The van der Waals surface area contributed by atoms with E-state index in [1.54, 1.807) is 26.4 Å². The highest BCUT2D eigenvalue weighted by atomic mass is 16.7. The molecule has 0 aliphatic heterocycles. The first-order valence-corrected chi connectivity index (χ1v) is 5.63. The number of anilines is 1. The van der Waals surface area contributed by atoms with Gasteiger partial charge in [0.1, 0.15) is 11.8 Å². The molecule has 0 saturated carbocycles. The lowest BCUT2D eigenvalue weighted by molar-refractivity contribution is -0.109. The van der Waals surface area contributed by atoms with E-state index in [9.17, 15) is 0 Å². The number of methoxy groups -OCH3 is 2. The van der Waals surface area contributed by atoms with Gasteiger partial charge in [-0.3, -0.25) is 0 Å². The average Bonchev–Trinajstić information content (AvgIpc) is 2.39. The number of hydrogen-bond donors (Lipinski definition) is 1. The Bertz CT molecular complexity index is 382. The van der Waals surface area contributed by atoms with Crippen LogP contribution in [0.25, 0.3) is 0 Å². The van der Waals surface area contributed by atoms with Crippen LogP contribution in [0.5, 0.6) is 5.75 Å². The van der Waals surface area contributed by atoms with Crippen molar-refractivity contribution in [2.45, 2.75) is 19.3 Å². The van der Waals surface area contributed by atoms with Gasteiger partial charge in [0.2, 0.25) is 0 Å². The van der Waals surface area contributed by atoms with E-state index in [0.717, 1.165) is 5.69 Å². The molecule has 0 aliphatic rings. The number of nitrogens with zero attached hydrogens (tertiary/aromatic N) is 1. The van der Waals surface area contributed by atoms with E-state index < -0.39 is 0 Å². The Balaban J connectivity index is 2.55. The molecule has 0 bridgehead atoms. The van der Waals surface area contributed by atoms with Crippen LogP contribution in [-0.4, -0.2) is 33.2 Å². The summed E-state index contributed by atoms with van der Waals surface area (Å²) >= 11 is 0. The molecule has 0 aliphatic carbocycles. The first-order chi connectivity index (χ1) is 8.71. The van der Waals surface area contributed by atoms with E-state index >= 15 is 0 Å². The molecular formula is C13H18N2O3. The van der Waals surface area contributed by atoms with Crippen LogP contribution in [0.4, 0.5) is 5.69 Å². The second kappa shape index (κ2) is 7.54. The third-order valence-corrected chi connectivity index (χ3v) is 2.42. The van der Waals surface area contributed by atoms with Crippen molar-refractivity contribution in [1.29, 1.82) is 5.26 Å². The minimum absolute atomic E-state index is 0.0193. The van der Waals surface area contributed by atoms with E-state index in [1.165, 1.54) is 0 Å². The van der Waals surface area contributed by atoms with E-state index in [2.05, 4.69) is 5.32 Å². The molecule has 5 nitrogen and oxygen atoms in total. The van der Waals surface area contributed by atoms with Crippen molar-refractivity contribution in [3.63, 3.8) is 0 Å². The fourth-order valence-corrected chi connectivity index (χ4v) is 1.60. The lowest BCUT2D eigenvalue weighted by Gasteiger charge is -2.23. The lowest BCUT2D eigenvalue weighted by atomic mass is 10.2. The fraction of sp³-hybridized carbons (Fsp3) is 0.462. The highest BCUT2D eigenvalue weighted by Gasteiger charge is 2.15. The van der Waals surface area contributed by atoms with Gasteiger partial charge in [0, 0.05) is 19.9 Å². The summed E-state index contributed by atoms with van der Waals surface area (Å²) in [6.45, 7) is 2.02. The van der Waals surface area contributed by atoms with Gasteiger partial charge in [0.25, 0.3) is 0 Å². The summed E-state index contributed by atoms with van der Waals surface area (Å²) in [6, 6.07) is 9.32. The van der Waals surface area contributed by atoms with E-state index in [1.807, 2.05) is 25.1 Å². The zero-order valence-electron chi connectivity index (χ0n) is 10.8. The highest BCUT2D eigenvalue weighted by molar-refractivity contribution is 5.47. The maximum Gasteiger partial charge on any atom is 0.176 e. The molecule has 98 valence electrons. The monoisotopic (exact) mass is 250 g/mol.